The molecule has 0 aromatic carbocycles. The Hall–Kier alpha value is -0.770. The lowest BCUT2D eigenvalue weighted by Gasteiger charge is -2.44. The zero-order valence-electron chi connectivity index (χ0n) is 9.46. The van der Waals surface area contributed by atoms with E-state index in [1.54, 1.807) is 0 Å². The van der Waals surface area contributed by atoms with E-state index in [2.05, 4.69) is 12.2 Å². The van der Waals surface area contributed by atoms with Crippen LogP contribution in [0.1, 0.15) is 39.0 Å². The maximum atomic E-state index is 12.0. The Morgan fingerprint density at radius 1 is 1.53 bits per heavy atom. The highest BCUT2D eigenvalue weighted by atomic mass is 16.2. The van der Waals surface area contributed by atoms with Gasteiger partial charge in [0.25, 0.3) is 0 Å². The molecule has 1 saturated heterocycles. The standard InChI is InChI=1S/C11H21N3O/c1-11(8-12)6-2-3-7-14(11)10(15)13-9-4-5-9/h9H,2-8,12H2,1H3,(H,13,15). The van der Waals surface area contributed by atoms with Gasteiger partial charge in [0.15, 0.2) is 0 Å². The zero-order chi connectivity index (χ0) is 10.9. The van der Waals surface area contributed by atoms with Crippen molar-refractivity contribution in [3.8, 4) is 0 Å². The highest BCUT2D eigenvalue weighted by molar-refractivity contribution is 5.76. The van der Waals surface area contributed by atoms with Crippen LogP contribution in [0.25, 0.3) is 0 Å². The summed E-state index contributed by atoms with van der Waals surface area (Å²) in [4.78, 5) is 13.9. The molecule has 2 fully saturated rings. The van der Waals surface area contributed by atoms with E-state index in [1.807, 2.05) is 4.90 Å². The first-order chi connectivity index (χ1) is 7.15. The van der Waals surface area contributed by atoms with Crippen LogP contribution < -0.4 is 11.1 Å². The van der Waals surface area contributed by atoms with Crippen LogP contribution in [0.5, 0.6) is 0 Å². The van der Waals surface area contributed by atoms with Crippen molar-refractivity contribution in [2.24, 2.45) is 5.73 Å². The summed E-state index contributed by atoms with van der Waals surface area (Å²) in [7, 11) is 0. The van der Waals surface area contributed by atoms with Crippen LogP contribution in [0, 0.1) is 0 Å². The number of carbonyl (C=O) groups excluding carboxylic acids is 1. The number of nitrogens with two attached hydrogens (primary N) is 1. The van der Waals surface area contributed by atoms with Crippen LogP contribution in [0.3, 0.4) is 0 Å². The fraction of sp³-hybridized carbons (Fsp3) is 0.909. The van der Waals surface area contributed by atoms with Crippen molar-refractivity contribution in [3.63, 3.8) is 0 Å². The molecule has 0 bridgehead atoms. The summed E-state index contributed by atoms with van der Waals surface area (Å²) in [5, 5.41) is 3.04. The Morgan fingerprint density at radius 2 is 2.27 bits per heavy atom. The molecule has 0 spiro atoms. The molecule has 2 rings (SSSR count). The number of hydrogen-bond acceptors (Lipinski definition) is 2. The van der Waals surface area contributed by atoms with Crippen molar-refractivity contribution in [2.45, 2.75) is 50.6 Å². The molecule has 4 nitrogen and oxygen atoms in total. The number of nitrogens with zero attached hydrogens (tertiary/aromatic N) is 1. The minimum atomic E-state index is -0.128. The zero-order valence-corrected chi connectivity index (χ0v) is 9.46. The number of amides is 2. The fourth-order valence-electron chi connectivity index (χ4n) is 2.22. The summed E-state index contributed by atoms with van der Waals surface area (Å²) in [6.45, 7) is 3.51. The molecule has 0 radical (unpaired) electrons. The molecule has 86 valence electrons. The lowest BCUT2D eigenvalue weighted by Crippen LogP contribution is -2.59. The van der Waals surface area contributed by atoms with Crippen molar-refractivity contribution in [1.29, 1.82) is 0 Å². The predicted molar refractivity (Wildman–Crippen MR) is 59.6 cm³/mol. The third-order valence-electron chi connectivity index (χ3n) is 3.59. The topological polar surface area (TPSA) is 58.4 Å². The summed E-state index contributed by atoms with van der Waals surface area (Å²) in [5.41, 5.74) is 5.66. The number of piperidine rings is 1. The van der Waals surface area contributed by atoms with Gasteiger partial charge >= 0.3 is 6.03 Å². The van der Waals surface area contributed by atoms with Crippen LogP contribution >= 0.6 is 0 Å². The number of urea groups is 1. The average Bonchev–Trinajstić information content (AvgIpc) is 3.02. The molecule has 1 heterocycles. The maximum absolute atomic E-state index is 12.0. The minimum absolute atomic E-state index is 0.0881. The largest absolute Gasteiger partial charge is 0.335 e. The first kappa shape index (κ1) is 10.7. The van der Waals surface area contributed by atoms with Gasteiger partial charge in [0.2, 0.25) is 0 Å². The van der Waals surface area contributed by atoms with E-state index in [-0.39, 0.29) is 11.6 Å². The molecule has 1 aliphatic heterocycles. The second-order valence-corrected chi connectivity index (χ2v) is 5.03. The van der Waals surface area contributed by atoms with Gasteiger partial charge in [-0.05, 0) is 39.0 Å². The van der Waals surface area contributed by atoms with Crippen molar-refractivity contribution in [1.82, 2.24) is 10.2 Å². The SMILES string of the molecule is CC1(CN)CCCCN1C(=O)NC1CC1. The number of nitrogens with one attached hydrogen (secondary N) is 1. The van der Waals surface area contributed by atoms with Gasteiger partial charge in [-0.15, -0.1) is 0 Å². The van der Waals surface area contributed by atoms with Crippen LogP contribution in [-0.4, -0.2) is 35.6 Å². The molecule has 0 aromatic heterocycles. The van der Waals surface area contributed by atoms with Gasteiger partial charge in [0.1, 0.15) is 0 Å². The number of likely N-dealkylation sites (tertiary alicyclic amines) is 1. The number of carbonyl (C=O) groups is 1. The van der Waals surface area contributed by atoms with E-state index in [1.165, 1.54) is 6.42 Å². The fourth-order valence-corrected chi connectivity index (χ4v) is 2.22. The normalized spacial score (nSPS) is 31.5. The van der Waals surface area contributed by atoms with Gasteiger partial charge in [-0.1, -0.05) is 0 Å². The first-order valence-corrected chi connectivity index (χ1v) is 5.94. The van der Waals surface area contributed by atoms with Gasteiger partial charge in [0, 0.05) is 19.1 Å². The maximum Gasteiger partial charge on any atom is 0.318 e. The van der Waals surface area contributed by atoms with Crippen LogP contribution in [0.4, 0.5) is 4.79 Å². The molecule has 2 amide bonds. The average molecular weight is 211 g/mol. The molecule has 1 aliphatic carbocycles. The molecule has 2 aliphatic rings. The Bertz CT molecular complexity index is 252. The molecule has 1 unspecified atom stereocenters. The molecule has 4 heteroatoms. The van der Waals surface area contributed by atoms with E-state index in [0.717, 1.165) is 32.2 Å². The third kappa shape index (κ3) is 2.25. The Morgan fingerprint density at radius 3 is 2.87 bits per heavy atom. The van der Waals surface area contributed by atoms with Gasteiger partial charge in [-0.25, -0.2) is 4.79 Å². The molecule has 0 aromatic rings. The van der Waals surface area contributed by atoms with E-state index in [9.17, 15) is 4.79 Å². The van der Waals surface area contributed by atoms with Gasteiger partial charge in [-0.2, -0.15) is 0 Å². The molecule has 3 N–H and O–H groups in total. The molecular weight excluding hydrogens is 190 g/mol. The minimum Gasteiger partial charge on any atom is -0.335 e. The Balaban J connectivity index is 1.99. The summed E-state index contributed by atoms with van der Waals surface area (Å²) >= 11 is 0. The second kappa shape index (κ2) is 4.00. The predicted octanol–water partition coefficient (Wildman–Crippen LogP) is 1.06. The van der Waals surface area contributed by atoms with E-state index >= 15 is 0 Å². The molecule has 1 saturated carbocycles. The van der Waals surface area contributed by atoms with Gasteiger partial charge < -0.3 is 16.0 Å². The van der Waals surface area contributed by atoms with Crippen LogP contribution in [0.15, 0.2) is 0 Å². The smallest absolute Gasteiger partial charge is 0.318 e. The van der Waals surface area contributed by atoms with Crippen molar-refractivity contribution < 1.29 is 4.79 Å². The van der Waals surface area contributed by atoms with Gasteiger partial charge in [-0.3, -0.25) is 0 Å². The molecule has 1 atom stereocenters. The molecular formula is C11H21N3O. The van der Waals surface area contributed by atoms with Crippen molar-refractivity contribution in [2.75, 3.05) is 13.1 Å². The van der Waals surface area contributed by atoms with Crippen molar-refractivity contribution >= 4 is 6.03 Å². The summed E-state index contributed by atoms with van der Waals surface area (Å²) in [6.07, 6.45) is 5.59. The van der Waals surface area contributed by atoms with E-state index in [0.29, 0.717) is 12.6 Å². The Kier molecular flexibility index (Phi) is 2.87. The highest BCUT2D eigenvalue weighted by Gasteiger charge is 2.37. The highest BCUT2D eigenvalue weighted by Crippen LogP contribution is 2.28. The van der Waals surface area contributed by atoms with Crippen LogP contribution in [0.2, 0.25) is 0 Å². The lowest BCUT2D eigenvalue weighted by molar-refractivity contribution is 0.0948. The Labute approximate surface area is 91.2 Å². The molecule has 15 heavy (non-hydrogen) atoms. The van der Waals surface area contributed by atoms with E-state index < -0.39 is 0 Å². The van der Waals surface area contributed by atoms with Crippen LogP contribution in [-0.2, 0) is 0 Å². The summed E-state index contributed by atoms with van der Waals surface area (Å²) in [6, 6.07) is 0.520. The van der Waals surface area contributed by atoms with E-state index in [4.69, 9.17) is 5.73 Å². The van der Waals surface area contributed by atoms with Gasteiger partial charge in [0.05, 0.1) is 5.54 Å². The second-order valence-electron chi connectivity index (χ2n) is 5.03. The van der Waals surface area contributed by atoms with Crippen molar-refractivity contribution in [3.05, 3.63) is 0 Å². The first-order valence-electron chi connectivity index (χ1n) is 5.94. The number of rotatable bonds is 2. The number of hydrogen-bond donors (Lipinski definition) is 2. The third-order valence-corrected chi connectivity index (χ3v) is 3.59. The quantitative estimate of drug-likeness (QED) is 0.717. The monoisotopic (exact) mass is 211 g/mol. The lowest BCUT2D eigenvalue weighted by atomic mass is 9.89. The summed E-state index contributed by atoms with van der Waals surface area (Å²) < 4.78 is 0. The summed E-state index contributed by atoms with van der Waals surface area (Å²) in [5.74, 6) is 0.